The average molecular weight is 349 g/mol. The van der Waals surface area contributed by atoms with Gasteiger partial charge in [-0.15, -0.1) is 11.8 Å². The minimum Gasteiger partial charge on any atom is -0.352 e. The van der Waals surface area contributed by atoms with E-state index in [1.165, 1.54) is 10.5 Å². The Morgan fingerprint density at radius 2 is 1.74 bits per heavy atom. The van der Waals surface area contributed by atoms with Crippen LogP contribution in [0.5, 0.6) is 0 Å². The summed E-state index contributed by atoms with van der Waals surface area (Å²) in [7, 11) is 1.91. The molecule has 2 aromatic rings. The second-order valence-corrected chi connectivity index (χ2v) is 6.64. The maximum Gasteiger partial charge on any atom is 0.251 e. The molecule has 0 radical (unpaired) electrons. The molecule has 0 saturated heterocycles. The van der Waals surface area contributed by atoms with Gasteiger partial charge in [-0.2, -0.15) is 0 Å². The number of rotatable bonds is 8. The highest BCUT2D eigenvalue weighted by atomic mass is 35.5. The highest BCUT2D eigenvalue weighted by Crippen LogP contribution is 2.24. The Bertz CT molecular complexity index is 614. The van der Waals surface area contributed by atoms with Crippen molar-refractivity contribution in [2.45, 2.75) is 17.1 Å². The first-order valence-corrected chi connectivity index (χ1v) is 8.95. The summed E-state index contributed by atoms with van der Waals surface area (Å²) in [6.07, 6.45) is 0.929. The molecule has 0 aliphatic rings. The average Bonchev–Trinajstić information content (AvgIpc) is 2.58. The molecule has 0 aromatic heterocycles. The molecule has 122 valence electrons. The number of thioether (sulfide) groups is 1. The molecule has 2 aromatic carbocycles. The van der Waals surface area contributed by atoms with E-state index in [1.807, 2.05) is 55.6 Å². The van der Waals surface area contributed by atoms with Crippen molar-refractivity contribution in [3.63, 3.8) is 0 Å². The molecule has 2 N–H and O–H groups in total. The van der Waals surface area contributed by atoms with Crippen molar-refractivity contribution in [2.24, 2.45) is 0 Å². The first-order chi connectivity index (χ1) is 11.2. The molecule has 0 fully saturated rings. The highest BCUT2D eigenvalue weighted by Gasteiger charge is 2.04. The number of hydrogen-bond acceptors (Lipinski definition) is 3. The third kappa shape index (κ3) is 6.26. The minimum atomic E-state index is -0.0157. The molecule has 1 amide bonds. The normalized spacial score (nSPS) is 10.5. The first kappa shape index (κ1) is 17.9. The SMILES string of the molecule is CNCCCNC(=O)c1ccc(CSc2ccc(Cl)cc2)cc1. The quantitative estimate of drug-likeness (QED) is 0.560. The molecule has 0 aliphatic carbocycles. The van der Waals surface area contributed by atoms with E-state index < -0.39 is 0 Å². The van der Waals surface area contributed by atoms with Gasteiger partial charge in [0.05, 0.1) is 0 Å². The largest absolute Gasteiger partial charge is 0.352 e. The van der Waals surface area contributed by atoms with Gasteiger partial charge in [0.1, 0.15) is 0 Å². The Kier molecular flexibility index (Phi) is 7.46. The Hall–Kier alpha value is -1.49. The van der Waals surface area contributed by atoms with E-state index in [-0.39, 0.29) is 5.91 Å². The monoisotopic (exact) mass is 348 g/mol. The zero-order valence-electron chi connectivity index (χ0n) is 13.1. The van der Waals surface area contributed by atoms with Gasteiger partial charge in [-0.05, 0) is 62.0 Å². The molecule has 23 heavy (non-hydrogen) atoms. The lowest BCUT2D eigenvalue weighted by atomic mass is 10.1. The summed E-state index contributed by atoms with van der Waals surface area (Å²) in [5.74, 6) is 0.851. The first-order valence-electron chi connectivity index (χ1n) is 7.59. The van der Waals surface area contributed by atoms with E-state index in [1.54, 1.807) is 11.8 Å². The zero-order chi connectivity index (χ0) is 16.5. The third-order valence-corrected chi connectivity index (χ3v) is 4.66. The molecule has 5 heteroatoms. The molecular formula is C18H21ClN2OS. The van der Waals surface area contributed by atoms with Crippen LogP contribution in [-0.4, -0.2) is 26.0 Å². The maximum absolute atomic E-state index is 12.0. The van der Waals surface area contributed by atoms with Crippen LogP contribution in [0.15, 0.2) is 53.4 Å². The number of nitrogens with one attached hydrogen (secondary N) is 2. The Balaban J connectivity index is 1.81. The lowest BCUT2D eigenvalue weighted by molar-refractivity contribution is 0.0953. The third-order valence-electron chi connectivity index (χ3n) is 3.32. The van der Waals surface area contributed by atoms with Crippen molar-refractivity contribution in [3.05, 3.63) is 64.7 Å². The smallest absolute Gasteiger partial charge is 0.251 e. The summed E-state index contributed by atoms with van der Waals surface area (Å²) in [5, 5.41) is 6.73. The summed E-state index contributed by atoms with van der Waals surface area (Å²) >= 11 is 7.63. The van der Waals surface area contributed by atoms with E-state index in [0.29, 0.717) is 12.1 Å². The van der Waals surface area contributed by atoms with Crippen LogP contribution in [0, 0.1) is 0 Å². The van der Waals surface area contributed by atoms with Crippen LogP contribution in [0.1, 0.15) is 22.3 Å². The van der Waals surface area contributed by atoms with E-state index in [9.17, 15) is 4.79 Å². The highest BCUT2D eigenvalue weighted by molar-refractivity contribution is 7.98. The Morgan fingerprint density at radius 1 is 1.04 bits per heavy atom. The van der Waals surface area contributed by atoms with Crippen LogP contribution in [0.25, 0.3) is 0 Å². The molecule has 0 spiro atoms. The van der Waals surface area contributed by atoms with Gasteiger partial charge in [-0.25, -0.2) is 0 Å². The lowest BCUT2D eigenvalue weighted by Gasteiger charge is -2.06. The number of carbonyl (C=O) groups excluding carboxylic acids is 1. The fourth-order valence-electron chi connectivity index (χ4n) is 2.02. The standard InChI is InChI=1S/C18H21ClN2OS/c1-20-11-2-12-21-18(22)15-5-3-14(4-6-15)13-23-17-9-7-16(19)8-10-17/h3-10,20H,2,11-13H2,1H3,(H,21,22). The number of hydrogen-bond donors (Lipinski definition) is 2. The van der Waals surface area contributed by atoms with Crippen LogP contribution in [0.3, 0.4) is 0 Å². The number of amides is 1. The van der Waals surface area contributed by atoms with Crippen molar-refractivity contribution in [1.29, 1.82) is 0 Å². The second-order valence-electron chi connectivity index (χ2n) is 5.15. The molecule has 3 nitrogen and oxygen atoms in total. The lowest BCUT2D eigenvalue weighted by Crippen LogP contribution is -2.26. The van der Waals surface area contributed by atoms with Crippen LogP contribution in [0.4, 0.5) is 0 Å². The topological polar surface area (TPSA) is 41.1 Å². The van der Waals surface area contributed by atoms with Gasteiger partial charge in [0.2, 0.25) is 0 Å². The van der Waals surface area contributed by atoms with Gasteiger partial charge < -0.3 is 10.6 Å². The number of halogens is 1. The Morgan fingerprint density at radius 3 is 2.39 bits per heavy atom. The Labute approximate surface area is 146 Å². The minimum absolute atomic E-state index is 0.0157. The van der Waals surface area contributed by atoms with Gasteiger partial charge in [0.25, 0.3) is 5.91 Å². The summed E-state index contributed by atoms with van der Waals surface area (Å²) in [6, 6.07) is 15.6. The zero-order valence-corrected chi connectivity index (χ0v) is 14.7. The summed E-state index contributed by atoms with van der Waals surface area (Å²) in [6.45, 7) is 1.59. The van der Waals surface area contributed by atoms with Gasteiger partial charge in [0, 0.05) is 27.8 Å². The van der Waals surface area contributed by atoms with Crippen molar-refractivity contribution < 1.29 is 4.79 Å². The molecule has 0 bridgehead atoms. The van der Waals surface area contributed by atoms with Crippen LogP contribution < -0.4 is 10.6 Å². The summed E-state index contributed by atoms with van der Waals surface area (Å²) in [4.78, 5) is 13.2. The molecule has 0 aliphatic heterocycles. The van der Waals surface area contributed by atoms with E-state index >= 15 is 0 Å². The van der Waals surface area contributed by atoms with Crippen molar-refractivity contribution in [3.8, 4) is 0 Å². The van der Waals surface area contributed by atoms with Crippen LogP contribution >= 0.6 is 23.4 Å². The number of benzene rings is 2. The van der Waals surface area contributed by atoms with Gasteiger partial charge in [-0.3, -0.25) is 4.79 Å². The fraction of sp³-hybridized carbons (Fsp3) is 0.278. The van der Waals surface area contributed by atoms with Crippen LogP contribution in [0.2, 0.25) is 5.02 Å². The predicted molar refractivity (Wildman–Crippen MR) is 98.3 cm³/mol. The molecule has 0 unspecified atom stereocenters. The number of carbonyl (C=O) groups is 1. The van der Waals surface area contributed by atoms with E-state index in [0.717, 1.165) is 23.7 Å². The summed E-state index contributed by atoms with van der Waals surface area (Å²) < 4.78 is 0. The maximum atomic E-state index is 12.0. The van der Waals surface area contributed by atoms with Crippen molar-refractivity contribution in [2.75, 3.05) is 20.1 Å². The summed E-state index contributed by atoms with van der Waals surface area (Å²) in [5.41, 5.74) is 1.89. The van der Waals surface area contributed by atoms with Gasteiger partial charge in [0.15, 0.2) is 0 Å². The van der Waals surface area contributed by atoms with Crippen LogP contribution in [-0.2, 0) is 5.75 Å². The van der Waals surface area contributed by atoms with Crippen molar-refractivity contribution >= 4 is 29.3 Å². The van der Waals surface area contributed by atoms with Gasteiger partial charge >= 0.3 is 0 Å². The van der Waals surface area contributed by atoms with E-state index in [4.69, 9.17) is 11.6 Å². The second kappa shape index (κ2) is 9.60. The molecule has 2 rings (SSSR count). The predicted octanol–water partition coefficient (Wildman–Crippen LogP) is 3.97. The van der Waals surface area contributed by atoms with Crippen molar-refractivity contribution in [1.82, 2.24) is 10.6 Å². The molecule has 0 heterocycles. The molecule has 0 saturated carbocycles. The molecule has 0 atom stereocenters. The molecular weight excluding hydrogens is 328 g/mol. The fourth-order valence-corrected chi connectivity index (χ4v) is 3.00. The van der Waals surface area contributed by atoms with Gasteiger partial charge in [-0.1, -0.05) is 23.7 Å². The van der Waals surface area contributed by atoms with E-state index in [2.05, 4.69) is 10.6 Å².